The minimum absolute atomic E-state index is 0.290. The summed E-state index contributed by atoms with van der Waals surface area (Å²) in [5.74, 6) is -0.290. The lowest BCUT2D eigenvalue weighted by Gasteiger charge is -2.34. The zero-order chi connectivity index (χ0) is 20.2. The van der Waals surface area contributed by atoms with E-state index in [4.69, 9.17) is 4.74 Å². The van der Waals surface area contributed by atoms with E-state index in [-0.39, 0.29) is 12.0 Å². The Bertz CT molecular complexity index is 750. The summed E-state index contributed by atoms with van der Waals surface area (Å²) in [5.41, 5.74) is 0.925. The Morgan fingerprint density at radius 1 is 1.22 bits per heavy atom. The Labute approximate surface area is 162 Å². The molecule has 0 radical (unpaired) electrons. The van der Waals surface area contributed by atoms with Gasteiger partial charge in [-0.1, -0.05) is 6.58 Å². The predicted molar refractivity (Wildman–Crippen MR) is 106 cm³/mol. The lowest BCUT2D eigenvalue weighted by Crippen LogP contribution is -2.50. The average molecular weight is 394 g/mol. The van der Waals surface area contributed by atoms with E-state index in [1.165, 1.54) is 6.08 Å². The highest BCUT2D eigenvalue weighted by Crippen LogP contribution is 2.22. The van der Waals surface area contributed by atoms with Gasteiger partial charge in [0.05, 0.1) is 4.90 Å². The number of amides is 2. The Kier molecular flexibility index (Phi) is 6.78. The van der Waals surface area contributed by atoms with Crippen LogP contribution in [0.5, 0.6) is 0 Å². The van der Waals surface area contributed by atoms with Crippen molar-refractivity contribution in [2.75, 3.05) is 31.5 Å². The van der Waals surface area contributed by atoms with E-state index in [9.17, 15) is 13.8 Å². The predicted octanol–water partition coefficient (Wildman–Crippen LogP) is 2.69. The smallest absolute Gasteiger partial charge is 0.410 e. The summed E-state index contributed by atoms with van der Waals surface area (Å²) < 4.78 is 20.1. The molecule has 1 atom stereocenters. The van der Waals surface area contributed by atoms with Gasteiger partial charge in [-0.05, 0) is 57.5 Å². The number of carbonyl (C=O) groups is 2. The van der Waals surface area contributed by atoms with Crippen LogP contribution in [0.25, 0.3) is 0 Å². The summed E-state index contributed by atoms with van der Waals surface area (Å²) >= 11 is 0. The van der Waals surface area contributed by atoms with Gasteiger partial charge in [0.2, 0.25) is 5.91 Å². The minimum Gasteiger partial charge on any atom is -0.444 e. The highest BCUT2D eigenvalue weighted by Gasteiger charge is 2.28. The molecule has 7 nitrogen and oxygen atoms in total. The molecule has 8 heteroatoms. The fourth-order valence-electron chi connectivity index (χ4n) is 2.62. The second kappa shape index (κ2) is 8.67. The third kappa shape index (κ3) is 5.90. The van der Waals surface area contributed by atoms with E-state index in [1.54, 1.807) is 23.1 Å². The molecule has 1 N–H and O–H groups in total. The van der Waals surface area contributed by atoms with E-state index in [0.717, 1.165) is 5.56 Å². The van der Waals surface area contributed by atoms with E-state index >= 15 is 0 Å². The SMILES string of the molecule is C=CC(=O)Nc1ccc(S(=O)N2CCN(C(=O)OC(C)(C)C)CC2)c(C)c1. The number of anilines is 1. The van der Waals surface area contributed by atoms with Crippen LogP contribution in [0.1, 0.15) is 26.3 Å². The maximum absolute atomic E-state index is 12.9. The first kappa shape index (κ1) is 21.1. The maximum Gasteiger partial charge on any atom is 0.410 e. The number of hydrogen-bond acceptors (Lipinski definition) is 4. The van der Waals surface area contributed by atoms with Crippen LogP contribution in [0.15, 0.2) is 35.7 Å². The normalized spacial score (nSPS) is 16.5. The number of nitrogens with one attached hydrogen (secondary N) is 1. The molecule has 0 aromatic heterocycles. The van der Waals surface area contributed by atoms with Crippen molar-refractivity contribution < 1.29 is 18.5 Å². The van der Waals surface area contributed by atoms with Crippen molar-refractivity contribution in [1.29, 1.82) is 0 Å². The summed E-state index contributed by atoms with van der Waals surface area (Å²) in [7, 11) is -1.33. The van der Waals surface area contributed by atoms with Gasteiger partial charge in [0, 0.05) is 31.9 Å². The Morgan fingerprint density at radius 2 is 1.85 bits per heavy atom. The van der Waals surface area contributed by atoms with E-state index < -0.39 is 16.6 Å². The standard InChI is InChI=1S/C19H27N3O4S/c1-6-17(23)20-15-7-8-16(14(2)13-15)27(25)22-11-9-21(10-12-22)18(24)26-19(3,4)5/h6-8,13H,1,9-12H2,2-5H3,(H,20,23). The van der Waals surface area contributed by atoms with Gasteiger partial charge in [0.1, 0.15) is 16.6 Å². The summed E-state index contributed by atoms with van der Waals surface area (Å²) in [6, 6.07) is 5.26. The number of ether oxygens (including phenoxy) is 1. The number of piperazine rings is 1. The van der Waals surface area contributed by atoms with Gasteiger partial charge in [-0.3, -0.25) is 4.79 Å². The number of nitrogens with zero attached hydrogens (tertiary/aromatic N) is 2. The highest BCUT2D eigenvalue weighted by atomic mass is 32.2. The fraction of sp³-hybridized carbons (Fsp3) is 0.474. The Morgan fingerprint density at radius 3 is 2.37 bits per heavy atom. The number of rotatable bonds is 4. The molecule has 1 heterocycles. The highest BCUT2D eigenvalue weighted by molar-refractivity contribution is 7.82. The molecular formula is C19H27N3O4S. The fourth-order valence-corrected chi connectivity index (χ4v) is 3.91. The van der Waals surface area contributed by atoms with Crippen LogP contribution in [-0.2, 0) is 20.5 Å². The summed E-state index contributed by atoms with van der Waals surface area (Å²) in [6.07, 6.45) is 0.859. The first-order valence-electron chi connectivity index (χ1n) is 8.79. The van der Waals surface area contributed by atoms with Gasteiger partial charge in [0.25, 0.3) is 0 Å². The zero-order valence-corrected chi connectivity index (χ0v) is 17.1. The molecular weight excluding hydrogens is 366 g/mol. The first-order chi connectivity index (χ1) is 12.6. The van der Waals surface area contributed by atoms with Gasteiger partial charge in [-0.2, -0.15) is 0 Å². The average Bonchev–Trinajstić information content (AvgIpc) is 2.60. The van der Waals surface area contributed by atoms with Crippen LogP contribution < -0.4 is 5.32 Å². The molecule has 0 aliphatic carbocycles. The molecule has 1 aromatic rings. The Hall–Kier alpha value is -2.19. The molecule has 148 valence electrons. The second-order valence-corrected chi connectivity index (χ2v) is 8.77. The molecule has 0 saturated carbocycles. The van der Waals surface area contributed by atoms with Gasteiger partial charge in [-0.15, -0.1) is 0 Å². The lowest BCUT2D eigenvalue weighted by atomic mass is 10.2. The van der Waals surface area contributed by atoms with Crippen LogP contribution in [0.3, 0.4) is 0 Å². The molecule has 0 bridgehead atoms. The number of hydrogen-bond donors (Lipinski definition) is 1. The lowest BCUT2D eigenvalue weighted by molar-refractivity contribution is -0.111. The van der Waals surface area contributed by atoms with Crippen LogP contribution >= 0.6 is 0 Å². The number of carbonyl (C=O) groups excluding carboxylic acids is 2. The zero-order valence-electron chi connectivity index (χ0n) is 16.3. The number of aryl methyl sites for hydroxylation is 1. The molecule has 1 aromatic carbocycles. The van der Waals surface area contributed by atoms with Crippen molar-refractivity contribution in [3.05, 3.63) is 36.4 Å². The van der Waals surface area contributed by atoms with Crippen molar-refractivity contribution in [1.82, 2.24) is 9.21 Å². The third-order valence-corrected chi connectivity index (χ3v) is 5.61. The van der Waals surface area contributed by atoms with Crippen LogP contribution in [0, 0.1) is 6.92 Å². The summed E-state index contributed by atoms with van der Waals surface area (Å²) in [5, 5.41) is 2.69. The first-order valence-corrected chi connectivity index (χ1v) is 9.90. The molecule has 27 heavy (non-hydrogen) atoms. The van der Waals surface area contributed by atoms with Crippen molar-refractivity contribution in [2.24, 2.45) is 0 Å². The van der Waals surface area contributed by atoms with Gasteiger partial charge >= 0.3 is 6.09 Å². The maximum atomic E-state index is 12.9. The largest absolute Gasteiger partial charge is 0.444 e. The molecule has 0 spiro atoms. The van der Waals surface area contributed by atoms with E-state index in [0.29, 0.717) is 36.8 Å². The van der Waals surface area contributed by atoms with Crippen molar-refractivity contribution >= 4 is 28.7 Å². The Balaban J connectivity index is 1.98. The molecule has 2 rings (SSSR count). The van der Waals surface area contributed by atoms with Crippen LogP contribution in [-0.4, -0.2) is 57.2 Å². The second-order valence-electron chi connectivity index (χ2n) is 7.32. The van der Waals surface area contributed by atoms with Crippen LogP contribution in [0.2, 0.25) is 0 Å². The quantitative estimate of drug-likeness (QED) is 0.798. The van der Waals surface area contributed by atoms with Crippen LogP contribution in [0.4, 0.5) is 10.5 Å². The van der Waals surface area contributed by atoms with E-state index in [2.05, 4.69) is 11.9 Å². The van der Waals surface area contributed by atoms with Gasteiger partial charge in [0.15, 0.2) is 0 Å². The van der Waals surface area contributed by atoms with Crippen molar-refractivity contribution in [2.45, 2.75) is 38.2 Å². The van der Waals surface area contributed by atoms with Gasteiger partial charge in [-0.25, -0.2) is 13.3 Å². The molecule has 1 fully saturated rings. The minimum atomic E-state index is -1.33. The van der Waals surface area contributed by atoms with Gasteiger partial charge < -0.3 is 15.0 Å². The van der Waals surface area contributed by atoms with E-state index in [1.807, 2.05) is 32.0 Å². The molecule has 1 unspecified atom stereocenters. The van der Waals surface area contributed by atoms with Crippen molar-refractivity contribution in [3.8, 4) is 0 Å². The molecule has 2 amide bonds. The summed E-state index contributed by atoms with van der Waals surface area (Å²) in [6.45, 7) is 12.7. The molecule has 1 aliphatic rings. The molecule has 1 saturated heterocycles. The topological polar surface area (TPSA) is 79.0 Å². The third-order valence-electron chi connectivity index (χ3n) is 3.94. The summed E-state index contributed by atoms with van der Waals surface area (Å²) in [4.78, 5) is 25.9. The molecule has 1 aliphatic heterocycles. The van der Waals surface area contributed by atoms with Crippen molar-refractivity contribution in [3.63, 3.8) is 0 Å². The monoisotopic (exact) mass is 393 g/mol. The number of benzene rings is 1.